The normalized spacial score (nSPS) is 11.3. The average Bonchev–Trinajstić information content (AvgIpc) is 3.23. The number of amides is 2. The third-order valence-electron chi connectivity index (χ3n) is 4.16. The van der Waals surface area contributed by atoms with Crippen LogP contribution in [0.1, 0.15) is 5.56 Å². The molecule has 2 rings (SSSR count). The van der Waals surface area contributed by atoms with Crippen molar-refractivity contribution in [3.05, 3.63) is 53.2 Å². The molecule has 1 aromatic carbocycles. The second kappa shape index (κ2) is 10.7. The zero-order valence-electron chi connectivity index (χ0n) is 16.2. The number of thiophene rings is 1. The van der Waals surface area contributed by atoms with Gasteiger partial charge in [0.2, 0.25) is 5.91 Å². The van der Waals surface area contributed by atoms with E-state index in [1.807, 2.05) is 16.8 Å². The van der Waals surface area contributed by atoms with Crippen molar-refractivity contribution >= 4 is 36.0 Å². The summed E-state index contributed by atoms with van der Waals surface area (Å²) in [6, 6.07) is 6.63. The summed E-state index contributed by atoms with van der Waals surface area (Å²) in [5.74, 6) is -1.09. The number of hydrogen-bond acceptors (Lipinski definition) is 7. The lowest BCUT2D eigenvalue weighted by atomic mass is 9.76. The summed E-state index contributed by atoms with van der Waals surface area (Å²) in [5, 5.41) is 25.5. The quantitative estimate of drug-likeness (QED) is 0.393. The Bertz CT molecular complexity index is 843. The van der Waals surface area contributed by atoms with Gasteiger partial charge in [0.05, 0.1) is 20.2 Å². The maximum Gasteiger partial charge on any atom is 0.475 e. The van der Waals surface area contributed by atoms with Crippen LogP contribution in [-0.4, -0.2) is 55.7 Å². The Morgan fingerprint density at radius 1 is 1.28 bits per heavy atom. The molecule has 0 saturated carbocycles. The molecule has 2 amide bonds. The number of anilines is 1. The SMILES string of the molecule is C=CC(=O)N(CC(=O)N[C@@H](Cc1ccsc1)B(O)O)c1ccc(OC)c(OC)c1. The van der Waals surface area contributed by atoms with Crippen molar-refractivity contribution < 1.29 is 29.1 Å². The average molecular weight is 418 g/mol. The molecule has 3 N–H and O–H groups in total. The number of methoxy groups -OCH3 is 2. The fourth-order valence-corrected chi connectivity index (χ4v) is 3.37. The lowest BCUT2D eigenvalue weighted by molar-refractivity contribution is -0.122. The van der Waals surface area contributed by atoms with E-state index in [1.54, 1.807) is 18.2 Å². The van der Waals surface area contributed by atoms with Gasteiger partial charge in [-0.1, -0.05) is 6.58 Å². The first kappa shape index (κ1) is 22.5. The first-order chi connectivity index (χ1) is 13.9. The monoisotopic (exact) mass is 418 g/mol. The van der Waals surface area contributed by atoms with Crippen LogP contribution in [0.2, 0.25) is 0 Å². The van der Waals surface area contributed by atoms with Gasteiger partial charge in [-0.15, -0.1) is 0 Å². The van der Waals surface area contributed by atoms with Gasteiger partial charge in [0, 0.05) is 11.8 Å². The van der Waals surface area contributed by atoms with E-state index in [0.29, 0.717) is 17.2 Å². The van der Waals surface area contributed by atoms with Crippen LogP contribution in [0.3, 0.4) is 0 Å². The molecule has 10 heteroatoms. The van der Waals surface area contributed by atoms with Crippen molar-refractivity contribution in [2.45, 2.75) is 12.4 Å². The summed E-state index contributed by atoms with van der Waals surface area (Å²) in [6.45, 7) is 3.13. The summed E-state index contributed by atoms with van der Waals surface area (Å²) >= 11 is 1.47. The number of benzene rings is 1. The lowest BCUT2D eigenvalue weighted by Gasteiger charge is -2.24. The molecule has 0 aliphatic heterocycles. The summed E-state index contributed by atoms with van der Waals surface area (Å²) in [4.78, 5) is 26.1. The third-order valence-corrected chi connectivity index (χ3v) is 4.90. The maximum absolute atomic E-state index is 12.6. The Morgan fingerprint density at radius 3 is 2.55 bits per heavy atom. The highest BCUT2D eigenvalue weighted by Crippen LogP contribution is 2.31. The van der Waals surface area contributed by atoms with Gasteiger partial charge >= 0.3 is 7.12 Å². The fourth-order valence-electron chi connectivity index (χ4n) is 2.69. The Morgan fingerprint density at radius 2 is 2.00 bits per heavy atom. The van der Waals surface area contributed by atoms with Crippen molar-refractivity contribution in [2.24, 2.45) is 0 Å². The molecule has 0 fully saturated rings. The van der Waals surface area contributed by atoms with E-state index in [9.17, 15) is 19.6 Å². The van der Waals surface area contributed by atoms with Gasteiger partial charge in [0.25, 0.3) is 5.91 Å². The number of rotatable bonds is 10. The van der Waals surface area contributed by atoms with Gasteiger partial charge in [-0.05, 0) is 47.0 Å². The molecule has 0 bridgehead atoms. The molecule has 1 aromatic heterocycles. The van der Waals surface area contributed by atoms with Crippen LogP contribution in [0, 0.1) is 0 Å². The lowest BCUT2D eigenvalue weighted by Crippen LogP contribution is -2.51. The molecule has 0 spiro atoms. The highest BCUT2D eigenvalue weighted by molar-refractivity contribution is 7.07. The van der Waals surface area contributed by atoms with E-state index in [-0.39, 0.29) is 13.0 Å². The number of hydrogen-bond donors (Lipinski definition) is 3. The molecule has 1 heterocycles. The molecule has 0 aliphatic rings. The first-order valence-electron chi connectivity index (χ1n) is 8.72. The van der Waals surface area contributed by atoms with Crippen LogP contribution < -0.4 is 19.7 Å². The van der Waals surface area contributed by atoms with Crippen LogP contribution in [0.25, 0.3) is 0 Å². The standard InChI is InChI=1S/C19H23BN2O6S/c1-4-19(24)22(14-5-6-15(27-2)16(10-14)28-3)11-18(23)21-17(20(25)26)9-13-7-8-29-12-13/h4-8,10,12,17,25-26H,1,9,11H2,2-3H3,(H,21,23)/t17-/m0/s1. The zero-order chi connectivity index (χ0) is 21.4. The number of carbonyl (C=O) groups is 2. The summed E-state index contributed by atoms with van der Waals surface area (Å²) in [6.07, 6.45) is 1.34. The maximum atomic E-state index is 12.6. The predicted octanol–water partition coefficient (Wildman–Crippen LogP) is 1.02. The Labute approximate surface area is 173 Å². The number of ether oxygens (including phenoxy) is 2. The van der Waals surface area contributed by atoms with Crippen LogP contribution in [-0.2, 0) is 16.0 Å². The second-order valence-corrected chi connectivity index (χ2v) is 6.87. The second-order valence-electron chi connectivity index (χ2n) is 6.09. The molecule has 0 aliphatic carbocycles. The highest BCUT2D eigenvalue weighted by Gasteiger charge is 2.27. The number of carbonyl (C=O) groups excluding carboxylic acids is 2. The van der Waals surface area contributed by atoms with Crippen molar-refractivity contribution in [3.63, 3.8) is 0 Å². The zero-order valence-corrected chi connectivity index (χ0v) is 17.0. The van der Waals surface area contributed by atoms with Crippen molar-refractivity contribution in [1.82, 2.24) is 5.32 Å². The first-order valence-corrected chi connectivity index (χ1v) is 9.66. The number of nitrogens with zero attached hydrogens (tertiary/aromatic N) is 1. The van der Waals surface area contributed by atoms with Gasteiger partial charge in [0.1, 0.15) is 6.54 Å². The third kappa shape index (κ3) is 6.08. The van der Waals surface area contributed by atoms with Gasteiger partial charge < -0.3 is 24.8 Å². The molecule has 29 heavy (non-hydrogen) atoms. The minimum atomic E-state index is -1.75. The smallest absolute Gasteiger partial charge is 0.475 e. The Kier molecular flexibility index (Phi) is 8.26. The van der Waals surface area contributed by atoms with Gasteiger partial charge in [-0.2, -0.15) is 11.3 Å². The minimum absolute atomic E-state index is 0.249. The van der Waals surface area contributed by atoms with Crippen molar-refractivity contribution in [3.8, 4) is 11.5 Å². The molecule has 0 radical (unpaired) electrons. The van der Waals surface area contributed by atoms with E-state index in [4.69, 9.17) is 9.47 Å². The number of nitrogens with one attached hydrogen (secondary N) is 1. The van der Waals surface area contributed by atoms with E-state index in [2.05, 4.69) is 11.9 Å². The van der Waals surface area contributed by atoms with E-state index in [1.165, 1.54) is 30.5 Å². The molecule has 0 unspecified atom stereocenters. The Hall–Kier alpha value is -2.82. The summed E-state index contributed by atoms with van der Waals surface area (Å²) in [5.41, 5.74) is 1.27. The van der Waals surface area contributed by atoms with Crippen LogP contribution >= 0.6 is 11.3 Å². The largest absolute Gasteiger partial charge is 0.493 e. The van der Waals surface area contributed by atoms with Gasteiger partial charge in [-0.3, -0.25) is 14.5 Å². The van der Waals surface area contributed by atoms with Gasteiger partial charge in [-0.25, -0.2) is 0 Å². The fraction of sp³-hybridized carbons (Fsp3) is 0.263. The van der Waals surface area contributed by atoms with Crippen LogP contribution in [0.4, 0.5) is 5.69 Å². The molecule has 154 valence electrons. The molecule has 2 aromatic rings. The summed E-state index contributed by atoms with van der Waals surface area (Å²) < 4.78 is 10.4. The molecule has 8 nitrogen and oxygen atoms in total. The van der Waals surface area contributed by atoms with E-state index in [0.717, 1.165) is 11.6 Å². The van der Waals surface area contributed by atoms with Gasteiger partial charge in [0.15, 0.2) is 11.5 Å². The van der Waals surface area contributed by atoms with Crippen molar-refractivity contribution in [1.29, 1.82) is 0 Å². The van der Waals surface area contributed by atoms with Crippen LogP contribution in [0.15, 0.2) is 47.7 Å². The molecular formula is C19H23BN2O6S. The summed E-state index contributed by atoms with van der Waals surface area (Å²) in [7, 11) is 1.21. The molecular weight excluding hydrogens is 395 g/mol. The minimum Gasteiger partial charge on any atom is -0.493 e. The molecule has 0 saturated heterocycles. The van der Waals surface area contributed by atoms with Crippen LogP contribution in [0.5, 0.6) is 11.5 Å². The van der Waals surface area contributed by atoms with E-state index >= 15 is 0 Å². The topological polar surface area (TPSA) is 108 Å². The predicted molar refractivity (Wildman–Crippen MR) is 112 cm³/mol. The van der Waals surface area contributed by atoms with E-state index < -0.39 is 24.9 Å². The highest BCUT2D eigenvalue weighted by atomic mass is 32.1. The van der Waals surface area contributed by atoms with Crippen molar-refractivity contribution in [2.75, 3.05) is 25.7 Å². The molecule has 1 atom stereocenters. The Balaban J connectivity index is 2.17.